The van der Waals surface area contributed by atoms with Gasteiger partial charge in [0.1, 0.15) is 11.3 Å². The second-order valence-electron chi connectivity index (χ2n) is 6.34. The largest absolute Gasteiger partial charge is 0.460 e. The average Bonchev–Trinajstić information content (AvgIpc) is 3.08. The Balaban J connectivity index is 1.67. The summed E-state index contributed by atoms with van der Waals surface area (Å²) < 4.78 is 5.82. The highest BCUT2D eigenvalue weighted by atomic mass is 16.3. The van der Waals surface area contributed by atoms with Crippen LogP contribution < -0.4 is 16.4 Å². The lowest BCUT2D eigenvalue weighted by Gasteiger charge is -2.05. The normalized spacial score (nSPS) is 10.9. The number of primary amides is 1. The van der Waals surface area contributed by atoms with Crippen molar-refractivity contribution in [3.8, 4) is 0 Å². The lowest BCUT2D eigenvalue weighted by molar-refractivity contribution is -0.117. The summed E-state index contributed by atoms with van der Waals surface area (Å²) in [6.07, 6.45) is 3.91. The van der Waals surface area contributed by atoms with Crippen molar-refractivity contribution in [3.63, 3.8) is 0 Å². The van der Waals surface area contributed by atoms with Crippen LogP contribution in [0.25, 0.3) is 17.0 Å². The maximum atomic E-state index is 12.3. The van der Waals surface area contributed by atoms with Crippen molar-refractivity contribution in [1.29, 1.82) is 0 Å². The lowest BCUT2D eigenvalue weighted by atomic mass is 10.1. The van der Waals surface area contributed by atoms with Crippen molar-refractivity contribution < 1.29 is 18.8 Å². The van der Waals surface area contributed by atoms with Gasteiger partial charge in [0.2, 0.25) is 11.8 Å². The molecule has 0 saturated heterocycles. The van der Waals surface area contributed by atoms with Gasteiger partial charge in [-0.15, -0.1) is 0 Å². The number of benzene rings is 2. The zero-order valence-electron chi connectivity index (χ0n) is 15.9. The molecule has 0 bridgehead atoms. The maximum Gasteiger partial charge on any atom is 0.251 e. The molecule has 0 aliphatic carbocycles. The molecule has 0 aliphatic heterocycles. The van der Waals surface area contributed by atoms with Gasteiger partial charge in [0, 0.05) is 34.7 Å². The van der Waals surface area contributed by atoms with Crippen LogP contribution in [-0.4, -0.2) is 24.3 Å². The van der Waals surface area contributed by atoms with E-state index < -0.39 is 11.8 Å². The van der Waals surface area contributed by atoms with Gasteiger partial charge >= 0.3 is 0 Å². The fourth-order valence-corrected chi connectivity index (χ4v) is 2.88. The zero-order chi connectivity index (χ0) is 20.8. The molecule has 3 amide bonds. The summed E-state index contributed by atoms with van der Waals surface area (Å²) >= 11 is 0. The average molecular weight is 391 g/mol. The molecule has 7 nitrogen and oxygen atoms in total. The Morgan fingerprint density at radius 2 is 1.79 bits per heavy atom. The molecular weight excluding hydrogens is 370 g/mol. The van der Waals surface area contributed by atoms with E-state index >= 15 is 0 Å². The zero-order valence-corrected chi connectivity index (χ0v) is 15.9. The van der Waals surface area contributed by atoms with Crippen molar-refractivity contribution >= 4 is 40.5 Å². The summed E-state index contributed by atoms with van der Waals surface area (Å²) in [5, 5.41) is 6.10. The molecule has 4 N–H and O–H groups in total. The van der Waals surface area contributed by atoms with Crippen LogP contribution >= 0.6 is 0 Å². The summed E-state index contributed by atoms with van der Waals surface area (Å²) in [5.41, 5.74) is 7.57. The summed E-state index contributed by atoms with van der Waals surface area (Å²) in [6, 6.07) is 14.0. The molecule has 3 rings (SSSR count). The van der Waals surface area contributed by atoms with Gasteiger partial charge in [-0.25, -0.2) is 0 Å². The van der Waals surface area contributed by atoms with Gasteiger partial charge in [-0.2, -0.15) is 0 Å². The highest BCUT2D eigenvalue weighted by molar-refractivity contribution is 6.04. The van der Waals surface area contributed by atoms with E-state index in [4.69, 9.17) is 10.2 Å². The topological polar surface area (TPSA) is 114 Å². The van der Waals surface area contributed by atoms with Crippen LogP contribution in [0.2, 0.25) is 0 Å². The number of carbonyl (C=O) groups is 3. The van der Waals surface area contributed by atoms with Crippen molar-refractivity contribution in [1.82, 2.24) is 5.32 Å². The Labute approximate surface area is 167 Å². The monoisotopic (exact) mass is 391 g/mol. The van der Waals surface area contributed by atoms with Crippen LogP contribution in [0.3, 0.4) is 0 Å². The first-order valence-electron chi connectivity index (χ1n) is 9.14. The number of aryl methyl sites for hydroxylation is 1. The van der Waals surface area contributed by atoms with Gasteiger partial charge in [-0.05, 0) is 36.4 Å². The first-order valence-corrected chi connectivity index (χ1v) is 9.14. The molecule has 0 spiro atoms. The van der Waals surface area contributed by atoms with Gasteiger partial charge < -0.3 is 20.8 Å². The van der Waals surface area contributed by atoms with Gasteiger partial charge in [0.05, 0.1) is 6.54 Å². The lowest BCUT2D eigenvalue weighted by Crippen LogP contribution is -2.33. The number of anilines is 1. The van der Waals surface area contributed by atoms with E-state index in [9.17, 15) is 14.4 Å². The number of rotatable bonds is 7. The van der Waals surface area contributed by atoms with E-state index in [2.05, 4.69) is 10.6 Å². The minimum Gasteiger partial charge on any atom is -0.460 e. The number of hydrogen-bond acceptors (Lipinski definition) is 4. The second-order valence-corrected chi connectivity index (χ2v) is 6.34. The highest BCUT2D eigenvalue weighted by Gasteiger charge is 2.10. The van der Waals surface area contributed by atoms with E-state index in [0.717, 1.165) is 28.7 Å². The van der Waals surface area contributed by atoms with Crippen molar-refractivity contribution in [2.45, 2.75) is 13.3 Å². The number of hydrogen-bond donors (Lipinski definition) is 3. The second kappa shape index (κ2) is 8.88. The van der Waals surface area contributed by atoms with E-state index in [-0.39, 0.29) is 12.5 Å². The Hall–Kier alpha value is -3.87. The molecule has 0 fully saturated rings. The van der Waals surface area contributed by atoms with E-state index in [1.54, 1.807) is 30.3 Å². The van der Waals surface area contributed by atoms with Crippen LogP contribution in [0.15, 0.2) is 59.0 Å². The first kappa shape index (κ1) is 19.9. The SMILES string of the molecule is CCc1oc2ccccc2c1/C=C/C(=O)Nc1ccc(C(=O)NCC(N)=O)cc1. The molecule has 0 atom stereocenters. The first-order chi connectivity index (χ1) is 14.0. The Bertz CT molecular complexity index is 1080. The van der Waals surface area contributed by atoms with Crippen LogP contribution in [0, 0.1) is 0 Å². The smallest absolute Gasteiger partial charge is 0.251 e. The summed E-state index contributed by atoms with van der Waals surface area (Å²) in [5.74, 6) is -0.518. The molecule has 3 aromatic rings. The van der Waals surface area contributed by atoms with Crippen molar-refractivity contribution in [2.24, 2.45) is 5.73 Å². The molecule has 0 saturated carbocycles. The molecule has 0 radical (unpaired) electrons. The standard InChI is InChI=1S/C22H21N3O4/c1-2-18-17(16-5-3-4-6-19(16)29-18)11-12-21(27)25-15-9-7-14(8-10-15)22(28)24-13-20(23)26/h3-12H,2,13H2,1H3,(H2,23,26)(H,24,28)(H,25,27)/b12-11+. The minimum atomic E-state index is -0.620. The number of nitrogens with two attached hydrogens (primary N) is 1. The molecule has 148 valence electrons. The molecular formula is C22H21N3O4. The third-order valence-electron chi connectivity index (χ3n) is 4.27. The molecule has 0 aliphatic rings. The van der Waals surface area contributed by atoms with Crippen molar-refractivity contribution in [2.75, 3.05) is 11.9 Å². The van der Waals surface area contributed by atoms with Crippen molar-refractivity contribution in [3.05, 3.63) is 71.5 Å². The molecule has 0 unspecified atom stereocenters. The number of amides is 3. The van der Waals surface area contributed by atoms with Gasteiger partial charge in [-0.1, -0.05) is 25.1 Å². The fraction of sp³-hybridized carbons (Fsp3) is 0.136. The van der Waals surface area contributed by atoms with Crippen LogP contribution in [0.5, 0.6) is 0 Å². The van der Waals surface area contributed by atoms with E-state index in [0.29, 0.717) is 11.3 Å². The number of fused-ring (bicyclic) bond motifs is 1. The Kier molecular flexibility index (Phi) is 6.09. The van der Waals surface area contributed by atoms with Gasteiger partial charge in [-0.3, -0.25) is 14.4 Å². The van der Waals surface area contributed by atoms with Crippen LogP contribution in [0.1, 0.15) is 28.6 Å². The van der Waals surface area contributed by atoms with Crippen LogP contribution in [-0.2, 0) is 16.0 Å². The van der Waals surface area contributed by atoms with Gasteiger partial charge in [0.25, 0.3) is 5.91 Å². The Morgan fingerprint density at radius 1 is 1.07 bits per heavy atom. The van der Waals surface area contributed by atoms with E-state index in [1.165, 1.54) is 6.08 Å². The molecule has 2 aromatic carbocycles. The third kappa shape index (κ3) is 4.90. The highest BCUT2D eigenvalue weighted by Crippen LogP contribution is 2.27. The van der Waals surface area contributed by atoms with E-state index in [1.807, 2.05) is 31.2 Å². The molecule has 1 heterocycles. The predicted molar refractivity (Wildman–Crippen MR) is 111 cm³/mol. The number of para-hydroxylation sites is 1. The Morgan fingerprint density at radius 3 is 2.48 bits per heavy atom. The molecule has 29 heavy (non-hydrogen) atoms. The molecule has 1 aromatic heterocycles. The number of nitrogens with one attached hydrogen (secondary N) is 2. The summed E-state index contributed by atoms with van der Waals surface area (Å²) in [6.45, 7) is 1.76. The van der Waals surface area contributed by atoms with Crippen LogP contribution in [0.4, 0.5) is 5.69 Å². The minimum absolute atomic E-state index is 0.232. The van der Waals surface area contributed by atoms with Gasteiger partial charge in [0.15, 0.2) is 0 Å². The maximum absolute atomic E-state index is 12.3. The predicted octanol–water partition coefficient (Wildman–Crippen LogP) is 2.86. The number of carbonyl (C=O) groups excluding carboxylic acids is 3. The fourth-order valence-electron chi connectivity index (χ4n) is 2.88. The molecule has 7 heteroatoms. The number of furan rings is 1. The summed E-state index contributed by atoms with van der Waals surface area (Å²) in [4.78, 5) is 34.9. The quantitative estimate of drug-likeness (QED) is 0.537. The third-order valence-corrected chi connectivity index (χ3v) is 4.27. The summed E-state index contributed by atoms with van der Waals surface area (Å²) in [7, 11) is 0.